The second-order valence-corrected chi connectivity index (χ2v) is 5.86. The molecule has 0 spiro atoms. The van der Waals surface area contributed by atoms with Crippen molar-refractivity contribution < 1.29 is 13.6 Å². The minimum atomic E-state index is -0.278. The number of amides is 1. The van der Waals surface area contributed by atoms with Crippen molar-refractivity contribution in [2.45, 2.75) is 6.92 Å². The molecule has 1 fully saturated rings. The van der Waals surface area contributed by atoms with Crippen LogP contribution in [0.3, 0.4) is 0 Å². The van der Waals surface area contributed by atoms with Gasteiger partial charge in [-0.05, 0) is 36.4 Å². The molecule has 3 rings (SSSR count). The highest BCUT2D eigenvalue weighted by molar-refractivity contribution is 7.80. The monoisotopic (exact) mass is 332 g/mol. The van der Waals surface area contributed by atoms with Crippen LogP contribution in [0.25, 0.3) is 11.3 Å². The van der Waals surface area contributed by atoms with Crippen LogP contribution in [0.1, 0.15) is 12.7 Å². The van der Waals surface area contributed by atoms with Crippen molar-refractivity contribution in [3.05, 3.63) is 48.0 Å². The van der Waals surface area contributed by atoms with Gasteiger partial charge in [0.15, 0.2) is 5.76 Å². The van der Waals surface area contributed by atoms with E-state index in [2.05, 4.69) is 0 Å². The molecule has 0 radical (unpaired) electrons. The molecule has 1 aromatic heterocycles. The molecule has 1 saturated heterocycles. The third kappa shape index (κ3) is 3.42. The Bertz CT molecular complexity index is 718. The smallest absolute Gasteiger partial charge is 0.219 e. The zero-order chi connectivity index (χ0) is 16.4. The minimum Gasteiger partial charge on any atom is -0.454 e. The maximum atomic E-state index is 13.0. The summed E-state index contributed by atoms with van der Waals surface area (Å²) >= 11 is 5.50. The second-order valence-electron chi connectivity index (χ2n) is 5.47. The molecule has 0 atom stereocenters. The van der Waals surface area contributed by atoms with Gasteiger partial charge in [-0.3, -0.25) is 4.79 Å². The number of thiocarbonyl (C=S) groups is 1. The Morgan fingerprint density at radius 2 is 1.65 bits per heavy atom. The van der Waals surface area contributed by atoms with Crippen molar-refractivity contribution in [2.24, 2.45) is 0 Å². The van der Waals surface area contributed by atoms with Crippen molar-refractivity contribution in [1.82, 2.24) is 9.80 Å². The van der Waals surface area contributed by atoms with Gasteiger partial charge in [-0.15, -0.1) is 0 Å². The van der Waals surface area contributed by atoms with Gasteiger partial charge >= 0.3 is 0 Å². The zero-order valence-corrected chi connectivity index (χ0v) is 13.6. The molecule has 1 aliphatic rings. The molecule has 0 saturated carbocycles. The molecule has 4 nitrogen and oxygen atoms in total. The van der Waals surface area contributed by atoms with Crippen molar-refractivity contribution in [3.63, 3.8) is 0 Å². The summed E-state index contributed by atoms with van der Waals surface area (Å²) < 4.78 is 18.8. The predicted octanol–water partition coefficient (Wildman–Crippen LogP) is 2.93. The molecular weight excluding hydrogens is 315 g/mol. The van der Waals surface area contributed by atoms with Crippen LogP contribution in [-0.4, -0.2) is 46.9 Å². The molecule has 0 aliphatic carbocycles. The molecule has 6 heteroatoms. The van der Waals surface area contributed by atoms with Crippen molar-refractivity contribution in [2.75, 3.05) is 26.2 Å². The average Bonchev–Trinajstić information content (AvgIpc) is 3.05. The first-order valence-corrected chi connectivity index (χ1v) is 7.86. The van der Waals surface area contributed by atoms with Gasteiger partial charge in [0.1, 0.15) is 16.6 Å². The zero-order valence-electron chi connectivity index (χ0n) is 12.8. The lowest BCUT2D eigenvalue weighted by Gasteiger charge is -2.35. The molecule has 2 aromatic rings. The van der Waals surface area contributed by atoms with Crippen molar-refractivity contribution >= 4 is 23.1 Å². The van der Waals surface area contributed by atoms with E-state index in [1.807, 2.05) is 21.9 Å². The fourth-order valence-electron chi connectivity index (χ4n) is 2.60. The first-order chi connectivity index (χ1) is 11.0. The third-order valence-corrected chi connectivity index (χ3v) is 4.42. The first-order valence-electron chi connectivity index (χ1n) is 7.45. The van der Waals surface area contributed by atoms with Gasteiger partial charge in [-0.2, -0.15) is 0 Å². The Labute approximate surface area is 139 Å². The number of hydrogen-bond acceptors (Lipinski definition) is 3. The number of carbonyl (C=O) groups is 1. The van der Waals surface area contributed by atoms with E-state index in [-0.39, 0.29) is 11.7 Å². The highest BCUT2D eigenvalue weighted by Crippen LogP contribution is 2.23. The standard InChI is InChI=1S/C17H17FN2O2S/c1-12(21)19-8-10-20(11-9-19)17(23)16-7-6-15(22-16)13-2-4-14(18)5-3-13/h2-7H,8-11H2,1H3. The molecular formula is C17H17FN2O2S. The van der Waals surface area contributed by atoms with E-state index < -0.39 is 0 Å². The van der Waals surface area contributed by atoms with E-state index in [0.717, 1.165) is 5.56 Å². The number of benzene rings is 1. The van der Waals surface area contributed by atoms with Crippen LogP contribution in [0.15, 0.2) is 40.8 Å². The molecule has 1 amide bonds. The summed E-state index contributed by atoms with van der Waals surface area (Å²) in [6.07, 6.45) is 0. The van der Waals surface area contributed by atoms with E-state index in [9.17, 15) is 9.18 Å². The second kappa shape index (κ2) is 6.50. The molecule has 23 heavy (non-hydrogen) atoms. The Balaban J connectivity index is 1.69. The Kier molecular flexibility index (Phi) is 4.43. The summed E-state index contributed by atoms with van der Waals surface area (Å²) in [5, 5.41) is 0. The average molecular weight is 332 g/mol. The molecule has 1 aromatic carbocycles. The van der Waals surface area contributed by atoms with Crippen LogP contribution in [0.2, 0.25) is 0 Å². The first kappa shape index (κ1) is 15.7. The summed E-state index contributed by atoms with van der Waals surface area (Å²) in [5.41, 5.74) is 0.807. The third-order valence-electron chi connectivity index (χ3n) is 3.96. The van der Waals surface area contributed by atoms with E-state index >= 15 is 0 Å². The van der Waals surface area contributed by atoms with Gasteiger partial charge in [0.05, 0.1) is 0 Å². The van der Waals surface area contributed by atoms with Gasteiger partial charge in [0.2, 0.25) is 5.91 Å². The lowest BCUT2D eigenvalue weighted by atomic mass is 10.2. The highest BCUT2D eigenvalue weighted by Gasteiger charge is 2.22. The molecule has 0 bridgehead atoms. The number of furan rings is 1. The van der Waals surface area contributed by atoms with E-state index in [1.54, 1.807) is 19.1 Å². The number of carbonyl (C=O) groups excluding carboxylic acids is 1. The fraction of sp³-hybridized carbons (Fsp3) is 0.294. The normalized spacial score (nSPS) is 14.9. The molecule has 0 unspecified atom stereocenters. The van der Waals surface area contributed by atoms with Gasteiger partial charge in [-0.1, -0.05) is 12.2 Å². The number of rotatable bonds is 2. The van der Waals surface area contributed by atoms with Crippen molar-refractivity contribution in [1.29, 1.82) is 0 Å². The highest BCUT2D eigenvalue weighted by atomic mass is 32.1. The van der Waals surface area contributed by atoms with Gasteiger partial charge in [0, 0.05) is 38.7 Å². The Morgan fingerprint density at radius 1 is 1.04 bits per heavy atom. The Hall–Kier alpha value is -2.21. The molecule has 120 valence electrons. The van der Waals surface area contributed by atoms with Crippen molar-refractivity contribution in [3.8, 4) is 11.3 Å². The molecule has 2 heterocycles. The SMILES string of the molecule is CC(=O)N1CCN(C(=S)c2ccc(-c3ccc(F)cc3)o2)CC1. The summed E-state index contributed by atoms with van der Waals surface area (Å²) in [5.74, 6) is 1.09. The quantitative estimate of drug-likeness (QED) is 0.793. The summed E-state index contributed by atoms with van der Waals surface area (Å²) in [6.45, 7) is 4.31. The Morgan fingerprint density at radius 3 is 2.26 bits per heavy atom. The van der Waals surface area contributed by atoms with Gasteiger partial charge in [-0.25, -0.2) is 4.39 Å². The van der Waals surface area contributed by atoms with Gasteiger partial charge in [0.25, 0.3) is 0 Å². The van der Waals surface area contributed by atoms with E-state index in [4.69, 9.17) is 16.6 Å². The van der Waals surface area contributed by atoms with Crippen LogP contribution in [0.4, 0.5) is 4.39 Å². The minimum absolute atomic E-state index is 0.0900. The lowest BCUT2D eigenvalue weighted by Crippen LogP contribution is -2.49. The molecule has 0 N–H and O–H groups in total. The van der Waals surface area contributed by atoms with Crippen LogP contribution in [-0.2, 0) is 4.79 Å². The van der Waals surface area contributed by atoms with Gasteiger partial charge < -0.3 is 14.2 Å². The maximum absolute atomic E-state index is 13.0. The fourth-order valence-corrected chi connectivity index (χ4v) is 2.89. The summed E-state index contributed by atoms with van der Waals surface area (Å²) in [7, 11) is 0. The van der Waals surface area contributed by atoms with Crippen LogP contribution in [0, 0.1) is 5.82 Å². The largest absolute Gasteiger partial charge is 0.454 e. The van der Waals surface area contributed by atoms with Crippen LogP contribution < -0.4 is 0 Å². The number of piperazine rings is 1. The summed E-state index contributed by atoms with van der Waals surface area (Å²) in [6, 6.07) is 9.81. The van der Waals surface area contributed by atoms with Crippen LogP contribution >= 0.6 is 12.2 Å². The van der Waals surface area contributed by atoms with E-state index in [1.165, 1.54) is 12.1 Å². The lowest BCUT2D eigenvalue weighted by molar-refractivity contribution is -0.130. The predicted molar refractivity (Wildman–Crippen MR) is 89.6 cm³/mol. The number of halogens is 1. The topological polar surface area (TPSA) is 36.7 Å². The van der Waals surface area contributed by atoms with Crippen LogP contribution in [0.5, 0.6) is 0 Å². The van der Waals surface area contributed by atoms with E-state index in [0.29, 0.717) is 42.7 Å². The maximum Gasteiger partial charge on any atom is 0.219 e. The molecule has 1 aliphatic heterocycles. The summed E-state index contributed by atoms with van der Waals surface area (Å²) in [4.78, 5) is 15.9. The number of hydrogen-bond donors (Lipinski definition) is 0. The number of nitrogens with zero attached hydrogens (tertiary/aromatic N) is 2.